The molecule has 0 radical (unpaired) electrons. The lowest BCUT2D eigenvalue weighted by molar-refractivity contribution is 0.669. The molecule has 3 nitrogen and oxygen atoms in total. The molecule has 2 aromatic heterocycles. The van der Waals surface area contributed by atoms with Gasteiger partial charge in [-0.25, -0.2) is 9.97 Å². The second-order valence-electron chi connectivity index (χ2n) is 15.0. The lowest BCUT2D eigenvalue weighted by Crippen LogP contribution is -2.22. The number of rotatable bonds is 6. The fourth-order valence-corrected chi connectivity index (χ4v) is 8.98. The van der Waals surface area contributed by atoms with Crippen LogP contribution in [0.15, 0.2) is 205 Å². The van der Waals surface area contributed by atoms with Gasteiger partial charge < -0.3 is 4.42 Å². The number of para-hydroxylation sites is 1. The Kier molecular flexibility index (Phi) is 7.61. The number of hydrogen-bond donors (Lipinski definition) is 0. The van der Waals surface area contributed by atoms with Crippen molar-refractivity contribution in [3.63, 3.8) is 0 Å². The summed E-state index contributed by atoms with van der Waals surface area (Å²) < 4.78 is 6.30. The summed E-state index contributed by atoms with van der Waals surface area (Å²) in [7, 11) is 0. The van der Waals surface area contributed by atoms with Crippen molar-refractivity contribution >= 4 is 21.9 Å². The van der Waals surface area contributed by atoms with Crippen molar-refractivity contribution in [3.05, 3.63) is 217 Å². The van der Waals surface area contributed by atoms with E-state index in [0.717, 1.165) is 66.7 Å². The van der Waals surface area contributed by atoms with Crippen LogP contribution in [0.25, 0.3) is 89.2 Å². The quantitative estimate of drug-likeness (QED) is 0.171. The summed E-state index contributed by atoms with van der Waals surface area (Å²) in [4.78, 5) is 10.4. The molecule has 2 heterocycles. The number of furan rings is 1. The third-order valence-electron chi connectivity index (χ3n) is 11.8. The molecule has 0 amide bonds. The molecule has 0 saturated heterocycles. The van der Waals surface area contributed by atoms with E-state index in [1.807, 2.05) is 36.4 Å². The molecule has 1 aliphatic carbocycles. The molecule has 0 aliphatic heterocycles. The first kappa shape index (κ1) is 33.0. The Labute approximate surface area is 331 Å². The summed E-state index contributed by atoms with van der Waals surface area (Å²) in [5, 5.41) is 2.21. The average Bonchev–Trinajstić information content (AvgIpc) is 3.80. The summed E-state index contributed by atoms with van der Waals surface area (Å²) in [5.41, 5.74) is 17.4. The van der Waals surface area contributed by atoms with Crippen LogP contribution in [-0.4, -0.2) is 9.97 Å². The van der Waals surface area contributed by atoms with Crippen LogP contribution >= 0.6 is 0 Å². The zero-order valence-corrected chi connectivity index (χ0v) is 31.4. The van der Waals surface area contributed by atoms with Gasteiger partial charge in [0, 0.05) is 32.9 Å². The van der Waals surface area contributed by atoms with Gasteiger partial charge in [-0.15, -0.1) is 0 Å². The predicted octanol–water partition coefficient (Wildman–Crippen LogP) is 14.0. The van der Waals surface area contributed by atoms with Gasteiger partial charge in [0.1, 0.15) is 11.2 Å². The predicted molar refractivity (Wildman–Crippen MR) is 234 cm³/mol. The van der Waals surface area contributed by atoms with Gasteiger partial charge >= 0.3 is 0 Å². The molecular formula is C54H36N2O. The molecule has 1 atom stereocenters. The second kappa shape index (κ2) is 13.1. The number of nitrogens with zero attached hydrogens (tertiary/aromatic N) is 2. The first-order chi connectivity index (χ1) is 28.1. The minimum absolute atomic E-state index is 0.249. The summed E-state index contributed by atoms with van der Waals surface area (Å²) >= 11 is 0. The molecule has 0 spiro atoms. The van der Waals surface area contributed by atoms with E-state index < -0.39 is 0 Å². The van der Waals surface area contributed by atoms with E-state index in [4.69, 9.17) is 14.4 Å². The molecule has 1 unspecified atom stereocenters. The highest BCUT2D eigenvalue weighted by atomic mass is 16.3. The van der Waals surface area contributed by atoms with E-state index >= 15 is 0 Å². The van der Waals surface area contributed by atoms with E-state index in [2.05, 4.69) is 171 Å². The Bertz CT molecular complexity index is 3130. The molecule has 11 rings (SSSR count). The molecule has 3 heteroatoms. The monoisotopic (exact) mass is 728 g/mol. The van der Waals surface area contributed by atoms with Crippen LogP contribution in [0.1, 0.15) is 23.6 Å². The molecule has 8 aromatic carbocycles. The summed E-state index contributed by atoms with van der Waals surface area (Å²) in [6, 6.07) is 71.0. The standard InChI is InChI=1S/C54H36N2O/c1-54(39-17-6-3-7-18-39)46-24-12-10-20-41(46)42-32-31-38(33-47(42)54)35-27-29-36(30-28-35)48-34-49(56-53(55-48)37-15-4-2-5-16-37)43-21-9-8-19-40(43)44-23-14-26-51-52(44)45-22-11-13-25-50(45)57-51/h2-34H,1H3. The fourth-order valence-electron chi connectivity index (χ4n) is 8.98. The smallest absolute Gasteiger partial charge is 0.160 e. The van der Waals surface area contributed by atoms with Crippen LogP contribution in [0, 0.1) is 0 Å². The summed E-state index contributed by atoms with van der Waals surface area (Å²) in [6.07, 6.45) is 0. The molecule has 0 bridgehead atoms. The van der Waals surface area contributed by atoms with Gasteiger partial charge in [0.25, 0.3) is 0 Å². The Hall–Kier alpha value is -7.36. The van der Waals surface area contributed by atoms with Crippen molar-refractivity contribution < 1.29 is 4.42 Å². The first-order valence-electron chi connectivity index (χ1n) is 19.5. The van der Waals surface area contributed by atoms with E-state index in [1.54, 1.807) is 0 Å². The third kappa shape index (κ3) is 5.35. The molecule has 10 aromatic rings. The van der Waals surface area contributed by atoms with E-state index in [9.17, 15) is 0 Å². The van der Waals surface area contributed by atoms with Gasteiger partial charge in [0.15, 0.2) is 5.82 Å². The van der Waals surface area contributed by atoms with Gasteiger partial charge in [0.2, 0.25) is 0 Å². The highest BCUT2D eigenvalue weighted by Gasteiger charge is 2.40. The largest absolute Gasteiger partial charge is 0.456 e. The van der Waals surface area contributed by atoms with Crippen LogP contribution < -0.4 is 0 Å². The second-order valence-corrected chi connectivity index (χ2v) is 15.0. The van der Waals surface area contributed by atoms with E-state index in [1.165, 1.54) is 33.4 Å². The van der Waals surface area contributed by atoms with E-state index in [-0.39, 0.29) is 5.41 Å². The van der Waals surface area contributed by atoms with Gasteiger partial charge in [-0.2, -0.15) is 0 Å². The Balaban J connectivity index is 1.02. The summed E-state index contributed by atoms with van der Waals surface area (Å²) in [6.45, 7) is 2.37. The number of aromatic nitrogens is 2. The van der Waals surface area contributed by atoms with Crippen molar-refractivity contribution in [2.45, 2.75) is 12.3 Å². The maximum Gasteiger partial charge on any atom is 0.160 e. The molecule has 57 heavy (non-hydrogen) atoms. The van der Waals surface area contributed by atoms with Crippen molar-refractivity contribution in [2.24, 2.45) is 0 Å². The van der Waals surface area contributed by atoms with Crippen LogP contribution in [-0.2, 0) is 5.41 Å². The Morgan fingerprint density at radius 3 is 1.81 bits per heavy atom. The minimum Gasteiger partial charge on any atom is -0.456 e. The lowest BCUT2D eigenvalue weighted by Gasteiger charge is -2.28. The number of fused-ring (bicyclic) bond motifs is 6. The molecular weight excluding hydrogens is 693 g/mol. The number of benzene rings is 8. The highest BCUT2D eigenvalue weighted by molar-refractivity contribution is 6.13. The van der Waals surface area contributed by atoms with Crippen molar-refractivity contribution in [1.82, 2.24) is 9.97 Å². The van der Waals surface area contributed by atoms with Crippen molar-refractivity contribution in [1.29, 1.82) is 0 Å². The maximum atomic E-state index is 6.30. The zero-order valence-electron chi connectivity index (χ0n) is 31.4. The van der Waals surface area contributed by atoms with Gasteiger partial charge in [-0.3, -0.25) is 0 Å². The first-order valence-corrected chi connectivity index (χ1v) is 19.5. The molecule has 0 saturated carbocycles. The van der Waals surface area contributed by atoms with Crippen LogP contribution in [0.5, 0.6) is 0 Å². The van der Waals surface area contributed by atoms with Gasteiger partial charge in [0.05, 0.1) is 11.4 Å². The topological polar surface area (TPSA) is 38.9 Å². The van der Waals surface area contributed by atoms with E-state index in [0.29, 0.717) is 5.82 Å². The molecule has 1 aliphatic rings. The lowest BCUT2D eigenvalue weighted by atomic mass is 9.74. The normalized spacial score (nSPS) is 14.5. The highest BCUT2D eigenvalue weighted by Crippen LogP contribution is 2.53. The van der Waals surface area contributed by atoms with Crippen molar-refractivity contribution in [3.8, 4) is 67.3 Å². The zero-order chi connectivity index (χ0) is 37.9. The van der Waals surface area contributed by atoms with Gasteiger partial charge in [-0.1, -0.05) is 176 Å². The maximum absolute atomic E-state index is 6.30. The van der Waals surface area contributed by atoms with Gasteiger partial charge in [-0.05, 0) is 81.3 Å². The SMILES string of the molecule is CC1(c2ccccc2)c2ccccc2-c2ccc(-c3ccc(-c4cc(-c5ccccc5-c5cccc6oc7ccccc7c56)nc(-c5ccccc5)n4)cc3)cc21. The van der Waals surface area contributed by atoms with Crippen LogP contribution in [0.3, 0.4) is 0 Å². The third-order valence-corrected chi connectivity index (χ3v) is 11.8. The van der Waals surface area contributed by atoms with Crippen LogP contribution in [0.4, 0.5) is 0 Å². The Morgan fingerprint density at radius 1 is 0.386 bits per heavy atom. The van der Waals surface area contributed by atoms with Crippen LogP contribution in [0.2, 0.25) is 0 Å². The fraction of sp³-hybridized carbons (Fsp3) is 0.0370. The summed E-state index contributed by atoms with van der Waals surface area (Å²) in [5.74, 6) is 0.687. The van der Waals surface area contributed by atoms with Crippen molar-refractivity contribution in [2.75, 3.05) is 0 Å². The Morgan fingerprint density at radius 2 is 0.982 bits per heavy atom. The minimum atomic E-state index is -0.249. The average molecular weight is 729 g/mol. The molecule has 268 valence electrons. The molecule has 0 fully saturated rings. The number of hydrogen-bond acceptors (Lipinski definition) is 3. The molecule has 0 N–H and O–H groups in total.